The van der Waals surface area contributed by atoms with Crippen molar-refractivity contribution in [1.82, 2.24) is 15.1 Å². The summed E-state index contributed by atoms with van der Waals surface area (Å²) in [6, 6.07) is 10.6. The Morgan fingerprint density at radius 1 is 1.21 bits per heavy atom. The third kappa shape index (κ3) is 3.44. The molecule has 0 aliphatic rings. The molecule has 2 rings (SSSR count). The number of hydrogen-bond donors (Lipinski definition) is 1. The van der Waals surface area contributed by atoms with Crippen LogP contribution in [0.4, 0.5) is 0 Å². The van der Waals surface area contributed by atoms with Gasteiger partial charge < -0.3 is 5.32 Å². The molecule has 1 aromatic heterocycles. The Balaban J connectivity index is 2.19. The summed E-state index contributed by atoms with van der Waals surface area (Å²) in [6.45, 7) is 7.72. The molecule has 0 spiro atoms. The van der Waals surface area contributed by atoms with Gasteiger partial charge in [0.2, 0.25) is 0 Å². The molecule has 1 atom stereocenters. The highest BCUT2D eigenvalue weighted by Crippen LogP contribution is 2.22. The van der Waals surface area contributed by atoms with Gasteiger partial charge in [0.25, 0.3) is 0 Å². The number of rotatable bonds is 6. The van der Waals surface area contributed by atoms with Crippen molar-refractivity contribution in [3.05, 3.63) is 48.3 Å². The van der Waals surface area contributed by atoms with Gasteiger partial charge in [-0.3, -0.25) is 0 Å². The van der Waals surface area contributed by atoms with Crippen LogP contribution in [0.2, 0.25) is 0 Å². The molecule has 0 fully saturated rings. The lowest BCUT2D eigenvalue weighted by atomic mass is 9.99. The molecule has 0 radical (unpaired) electrons. The van der Waals surface area contributed by atoms with Gasteiger partial charge >= 0.3 is 0 Å². The van der Waals surface area contributed by atoms with E-state index in [0.717, 1.165) is 18.7 Å². The molecular weight excluding hydrogens is 234 g/mol. The molecule has 0 aliphatic heterocycles. The standard InChI is InChI=1S/C16H23N3/c1-4-10-17-16(13(2)3)14-11-18-19(12-14)15-8-6-5-7-9-15/h5-9,11-13,16-17H,4,10H2,1-3H3. The predicted molar refractivity (Wildman–Crippen MR) is 79.4 cm³/mol. The number of nitrogens with one attached hydrogen (secondary N) is 1. The molecule has 1 heterocycles. The van der Waals surface area contributed by atoms with E-state index in [4.69, 9.17) is 0 Å². The second-order valence-electron chi connectivity index (χ2n) is 5.23. The van der Waals surface area contributed by atoms with Gasteiger partial charge in [0.1, 0.15) is 0 Å². The SMILES string of the molecule is CCCNC(c1cnn(-c2ccccc2)c1)C(C)C. The highest BCUT2D eigenvalue weighted by atomic mass is 15.3. The van der Waals surface area contributed by atoms with Crippen molar-refractivity contribution in [2.24, 2.45) is 5.92 Å². The largest absolute Gasteiger partial charge is 0.310 e. The van der Waals surface area contributed by atoms with Crippen molar-refractivity contribution in [3.63, 3.8) is 0 Å². The number of para-hydroxylation sites is 1. The van der Waals surface area contributed by atoms with Crippen LogP contribution in [0.3, 0.4) is 0 Å². The zero-order valence-electron chi connectivity index (χ0n) is 12.0. The first-order valence-electron chi connectivity index (χ1n) is 7.05. The smallest absolute Gasteiger partial charge is 0.0645 e. The minimum Gasteiger partial charge on any atom is -0.310 e. The predicted octanol–water partition coefficient (Wildman–Crippen LogP) is 3.57. The Labute approximate surface area is 115 Å². The van der Waals surface area contributed by atoms with Crippen LogP contribution in [0, 0.1) is 5.92 Å². The molecule has 3 heteroatoms. The molecule has 102 valence electrons. The first-order chi connectivity index (χ1) is 9.22. The Morgan fingerprint density at radius 2 is 1.95 bits per heavy atom. The third-order valence-electron chi connectivity index (χ3n) is 3.26. The third-order valence-corrected chi connectivity index (χ3v) is 3.26. The van der Waals surface area contributed by atoms with Gasteiger partial charge in [0.15, 0.2) is 0 Å². The van der Waals surface area contributed by atoms with Gasteiger partial charge in [-0.15, -0.1) is 0 Å². The van der Waals surface area contributed by atoms with Gasteiger partial charge in [-0.2, -0.15) is 5.10 Å². The topological polar surface area (TPSA) is 29.9 Å². The summed E-state index contributed by atoms with van der Waals surface area (Å²) in [7, 11) is 0. The van der Waals surface area contributed by atoms with E-state index in [9.17, 15) is 0 Å². The molecule has 0 bridgehead atoms. The van der Waals surface area contributed by atoms with Gasteiger partial charge in [-0.1, -0.05) is 39.0 Å². The number of benzene rings is 1. The van der Waals surface area contributed by atoms with Gasteiger partial charge in [-0.05, 0) is 31.0 Å². The van der Waals surface area contributed by atoms with Crippen LogP contribution in [0.1, 0.15) is 38.8 Å². The van der Waals surface area contributed by atoms with Crippen LogP contribution < -0.4 is 5.32 Å². The maximum absolute atomic E-state index is 4.47. The summed E-state index contributed by atoms with van der Waals surface area (Å²) >= 11 is 0. The fraction of sp³-hybridized carbons (Fsp3) is 0.438. The van der Waals surface area contributed by atoms with Crippen molar-refractivity contribution >= 4 is 0 Å². The van der Waals surface area contributed by atoms with Gasteiger partial charge in [-0.25, -0.2) is 4.68 Å². The number of nitrogens with zero attached hydrogens (tertiary/aromatic N) is 2. The van der Waals surface area contributed by atoms with E-state index >= 15 is 0 Å². The van der Waals surface area contributed by atoms with Crippen LogP contribution in [-0.2, 0) is 0 Å². The maximum atomic E-state index is 4.47. The molecular formula is C16H23N3. The van der Waals surface area contributed by atoms with E-state index in [1.807, 2.05) is 29.1 Å². The lowest BCUT2D eigenvalue weighted by Crippen LogP contribution is -2.26. The Morgan fingerprint density at radius 3 is 2.58 bits per heavy atom. The van der Waals surface area contributed by atoms with Crippen molar-refractivity contribution < 1.29 is 0 Å². The lowest BCUT2D eigenvalue weighted by Gasteiger charge is -2.20. The van der Waals surface area contributed by atoms with E-state index in [1.54, 1.807) is 0 Å². The number of aromatic nitrogens is 2. The second kappa shape index (κ2) is 6.53. The normalized spacial score (nSPS) is 12.8. The lowest BCUT2D eigenvalue weighted by molar-refractivity contribution is 0.413. The van der Waals surface area contributed by atoms with Crippen LogP contribution in [0.25, 0.3) is 5.69 Å². The molecule has 0 saturated carbocycles. The Kier molecular flexibility index (Phi) is 4.74. The minimum atomic E-state index is 0.373. The summed E-state index contributed by atoms with van der Waals surface area (Å²) in [5.41, 5.74) is 2.36. The summed E-state index contributed by atoms with van der Waals surface area (Å²) in [6.07, 6.45) is 5.25. The monoisotopic (exact) mass is 257 g/mol. The van der Waals surface area contributed by atoms with Crippen LogP contribution in [-0.4, -0.2) is 16.3 Å². The molecule has 0 amide bonds. The van der Waals surface area contributed by atoms with Crippen molar-refractivity contribution in [3.8, 4) is 5.69 Å². The highest BCUT2D eigenvalue weighted by molar-refractivity contribution is 5.31. The van der Waals surface area contributed by atoms with Crippen molar-refractivity contribution in [2.75, 3.05) is 6.54 Å². The van der Waals surface area contributed by atoms with E-state index in [-0.39, 0.29) is 0 Å². The fourth-order valence-corrected chi connectivity index (χ4v) is 2.26. The van der Waals surface area contributed by atoms with Gasteiger partial charge in [0.05, 0.1) is 11.9 Å². The summed E-state index contributed by atoms with van der Waals surface area (Å²) in [5, 5.41) is 8.07. The quantitative estimate of drug-likeness (QED) is 0.857. The van der Waals surface area contributed by atoms with Gasteiger partial charge in [0, 0.05) is 17.8 Å². The number of hydrogen-bond acceptors (Lipinski definition) is 2. The van der Waals surface area contributed by atoms with Crippen LogP contribution >= 0.6 is 0 Å². The molecule has 0 aliphatic carbocycles. The molecule has 0 saturated heterocycles. The minimum absolute atomic E-state index is 0.373. The summed E-state index contributed by atoms with van der Waals surface area (Å²) in [5.74, 6) is 0.556. The molecule has 1 unspecified atom stereocenters. The highest BCUT2D eigenvalue weighted by Gasteiger charge is 2.16. The zero-order valence-corrected chi connectivity index (χ0v) is 12.0. The molecule has 1 aromatic carbocycles. The maximum Gasteiger partial charge on any atom is 0.0645 e. The van der Waals surface area contributed by atoms with Crippen molar-refractivity contribution in [1.29, 1.82) is 0 Å². The van der Waals surface area contributed by atoms with E-state index in [2.05, 4.69) is 49.5 Å². The fourth-order valence-electron chi connectivity index (χ4n) is 2.26. The van der Waals surface area contributed by atoms with Crippen molar-refractivity contribution in [2.45, 2.75) is 33.2 Å². The molecule has 2 aromatic rings. The summed E-state index contributed by atoms with van der Waals surface area (Å²) in [4.78, 5) is 0. The van der Waals surface area contributed by atoms with Crippen LogP contribution in [0.15, 0.2) is 42.7 Å². The summed E-state index contributed by atoms with van der Waals surface area (Å²) < 4.78 is 1.94. The Hall–Kier alpha value is -1.61. The molecule has 1 N–H and O–H groups in total. The van der Waals surface area contributed by atoms with E-state index in [1.165, 1.54) is 5.56 Å². The second-order valence-corrected chi connectivity index (χ2v) is 5.23. The average molecular weight is 257 g/mol. The first-order valence-corrected chi connectivity index (χ1v) is 7.05. The molecule has 3 nitrogen and oxygen atoms in total. The van der Waals surface area contributed by atoms with E-state index < -0.39 is 0 Å². The zero-order chi connectivity index (χ0) is 13.7. The Bertz CT molecular complexity index is 488. The molecule has 19 heavy (non-hydrogen) atoms. The van der Waals surface area contributed by atoms with E-state index in [0.29, 0.717) is 12.0 Å². The first kappa shape index (κ1) is 13.8. The average Bonchev–Trinajstić information content (AvgIpc) is 2.89. The van der Waals surface area contributed by atoms with Crippen LogP contribution in [0.5, 0.6) is 0 Å².